The van der Waals surface area contributed by atoms with E-state index in [9.17, 15) is 22.0 Å². The molecule has 10 heteroatoms. The average Bonchev–Trinajstić information content (AvgIpc) is 2.68. The average molecular weight is 442 g/mol. The van der Waals surface area contributed by atoms with E-state index in [0.29, 0.717) is 31.9 Å². The summed E-state index contributed by atoms with van der Waals surface area (Å²) in [4.78, 5) is 14.5. The van der Waals surface area contributed by atoms with Gasteiger partial charge in [0, 0.05) is 42.8 Å². The molecule has 1 saturated heterocycles. The Labute approximate surface area is 172 Å². The van der Waals surface area contributed by atoms with E-state index in [1.807, 2.05) is 7.05 Å². The van der Waals surface area contributed by atoms with Crippen LogP contribution in [0, 0.1) is 11.6 Å². The summed E-state index contributed by atoms with van der Waals surface area (Å²) in [5.74, 6) is -1.85. The molecule has 0 radical (unpaired) electrons. The van der Waals surface area contributed by atoms with Gasteiger partial charge in [0.1, 0.15) is 11.6 Å². The molecule has 156 valence electrons. The maximum atomic E-state index is 13.6. The summed E-state index contributed by atoms with van der Waals surface area (Å²) in [5, 5.41) is 2.64. The topological polar surface area (TPSA) is 69.7 Å². The van der Waals surface area contributed by atoms with Crippen molar-refractivity contribution in [3.05, 3.63) is 54.1 Å². The highest BCUT2D eigenvalue weighted by molar-refractivity contribution is 8.00. The van der Waals surface area contributed by atoms with Crippen molar-refractivity contribution in [1.29, 1.82) is 0 Å². The van der Waals surface area contributed by atoms with Gasteiger partial charge in [-0.1, -0.05) is 0 Å². The number of halogens is 2. The number of thioether (sulfide) groups is 1. The molecule has 1 heterocycles. The lowest BCUT2D eigenvalue weighted by Gasteiger charge is -2.31. The predicted molar refractivity (Wildman–Crippen MR) is 108 cm³/mol. The molecule has 0 unspecified atom stereocenters. The molecule has 0 aromatic heterocycles. The Hall–Kier alpha value is -2.01. The zero-order valence-corrected chi connectivity index (χ0v) is 17.4. The number of carbonyl (C=O) groups excluding carboxylic acids is 1. The number of nitrogens with zero attached hydrogens (tertiary/aromatic N) is 2. The highest BCUT2D eigenvalue weighted by Crippen LogP contribution is 2.23. The number of anilines is 1. The molecule has 1 fully saturated rings. The number of sulfonamides is 1. The third-order valence-electron chi connectivity index (χ3n) is 4.49. The summed E-state index contributed by atoms with van der Waals surface area (Å²) < 4.78 is 53.4. The van der Waals surface area contributed by atoms with Gasteiger partial charge in [-0.25, -0.2) is 17.2 Å². The quantitative estimate of drug-likeness (QED) is 0.698. The first-order valence-electron chi connectivity index (χ1n) is 8.92. The molecule has 0 bridgehead atoms. The molecule has 3 rings (SSSR count). The zero-order valence-electron chi connectivity index (χ0n) is 15.8. The van der Waals surface area contributed by atoms with Crippen molar-refractivity contribution in [2.24, 2.45) is 0 Å². The van der Waals surface area contributed by atoms with E-state index in [-0.39, 0.29) is 21.5 Å². The first-order chi connectivity index (χ1) is 13.8. The second kappa shape index (κ2) is 9.21. The van der Waals surface area contributed by atoms with E-state index in [0.717, 1.165) is 23.9 Å². The van der Waals surface area contributed by atoms with Gasteiger partial charge in [-0.3, -0.25) is 4.79 Å². The minimum absolute atomic E-state index is 0.0656. The second-order valence-corrected chi connectivity index (χ2v) is 9.60. The molecular formula is C19H21F2N3O3S2. The lowest BCUT2D eigenvalue weighted by molar-refractivity contribution is -0.113. The third kappa shape index (κ3) is 5.53. The van der Waals surface area contributed by atoms with Gasteiger partial charge in [-0.2, -0.15) is 4.31 Å². The molecule has 1 N–H and O–H groups in total. The van der Waals surface area contributed by atoms with Crippen LogP contribution in [0.1, 0.15) is 0 Å². The first-order valence-corrected chi connectivity index (χ1v) is 11.3. The number of piperazine rings is 1. The van der Waals surface area contributed by atoms with Crippen LogP contribution >= 0.6 is 11.8 Å². The Morgan fingerprint density at radius 3 is 2.34 bits per heavy atom. The van der Waals surface area contributed by atoms with Crippen LogP contribution in [0.2, 0.25) is 0 Å². The Kier molecular flexibility index (Phi) is 6.89. The molecule has 0 atom stereocenters. The van der Waals surface area contributed by atoms with Gasteiger partial charge in [0.2, 0.25) is 15.9 Å². The molecule has 1 aliphatic heterocycles. The van der Waals surface area contributed by atoms with E-state index >= 15 is 0 Å². The molecular weight excluding hydrogens is 420 g/mol. The maximum absolute atomic E-state index is 13.6. The Balaban J connectivity index is 1.57. The smallest absolute Gasteiger partial charge is 0.243 e. The summed E-state index contributed by atoms with van der Waals surface area (Å²) in [6, 6.07) is 9.11. The van der Waals surface area contributed by atoms with Crippen LogP contribution in [0.25, 0.3) is 0 Å². The van der Waals surface area contributed by atoms with E-state index in [4.69, 9.17) is 0 Å². The van der Waals surface area contributed by atoms with Crippen LogP contribution < -0.4 is 5.32 Å². The Bertz CT molecular complexity index is 977. The van der Waals surface area contributed by atoms with Crippen molar-refractivity contribution in [3.63, 3.8) is 0 Å². The monoisotopic (exact) mass is 441 g/mol. The van der Waals surface area contributed by atoms with Crippen LogP contribution in [0.15, 0.2) is 52.3 Å². The van der Waals surface area contributed by atoms with E-state index in [1.54, 1.807) is 0 Å². The van der Waals surface area contributed by atoms with Crippen molar-refractivity contribution < 1.29 is 22.0 Å². The maximum Gasteiger partial charge on any atom is 0.243 e. The second-order valence-electron chi connectivity index (χ2n) is 6.64. The highest BCUT2D eigenvalue weighted by Gasteiger charge is 2.27. The summed E-state index contributed by atoms with van der Waals surface area (Å²) in [7, 11) is -1.62. The normalized spacial score (nSPS) is 16.0. The standard InChI is InChI=1S/C19H21F2N3O3S2/c1-23-8-10-24(11-9-23)29(26,27)16-5-3-15(4-6-16)22-19(25)13-28-18-7-2-14(20)12-17(18)21/h2-7,12H,8-11,13H2,1H3,(H,22,25). The van der Waals surface area contributed by atoms with Crippen molar-refractivity contribution in [2.45, 2.75) is 9.79 Å². The minimum atomic E-state index is -3.57. The fourth-order valence-electron chi connectivity index (χ4n) is 2.82. The number of rotatable bonds is 6. The number of likely N-dealkylation sites (N-methyl/N-ethyl adjacent to an activating group) is 1. The summed E-state index contributed by atoms with van der Waals surface area (Å²) >= 11 is 0.949. The molecule has 6 nitrogen and oxygen atoms in total. The van der Waals surface area contributed by atoms with Crippen LogP contribution in [-0.2, 0) is 14.8 Å². The van der Waals surface area contributed by atoms with Gasteiger partial charge in [-0.05, 0) is 43.4 Å². The van der Waals surface area contributed by atoms with E-state index in [1.165, 1.54) is 34.6 Å². The summed E-state index contributed by atoms with van der Waals surface area (Å²) in [5.41, 5.74) is 0.438. The van der Waals surface area contributed by atoms with Crippen LogP contribution in [0.3, 0.4) is 0 Å². The number of amides is 1. The van der Waals surface area contributed by atoms with Crippen molar-refractivity contribution in [3.8, 4) is 0 Å². The molecule has 2 aromatic rings. The predicted octanol–water partition coefficient (Wildman–Crippen LogP) is 2.63. The van der Waals surface area contributed by atoms with Gasteiger partial charge < -0.3 is 10.2 Å². The molecule has 29 heavy (non-hydrogen) atoms. The summed E-state index contributed by atoms with van der Waals surface area (Å²) in [6.45, 7) is 2.24. The van der Waals surface area contributed by atoms with Crippen LogP contribution in [-0.4, -0.2) is 62.5 Å². The number of hydrogen-bond donors (Lipinski definition) is 1. The molecule has 1 amide bonds. The lowest BCUT2D eigenvalue weighted by atomic mass is 10.3. The van der Waals surface area contributed by atoms with Crippen molar-refractivity contribution in [2.75, 3.05) is 44.3 Å². The Morgan fingerprint density at radius 1 is 1.07 bits per heavy atom. The van der Waals surface area contributed by atoms with E-state index in [2.05, 4.69) is 10.2 Å². The molecule has 1 aliphatic rings. The molecule has 0 saturated carbocycles. The largest absolute Gasteiger partial charge is 0.325 e. The fraction of sp³-hybridized carbons (Fsp3) is 0.316. The van der Waals surface area contributed by atoms with Crippen molar-refractivity contribution in [1.82, 2.24) is 9.21 Å². The third-order valence-corrected chi connectivity index (χ3v) is 7.45. The van der Waals surface area contributed by atoms with Crippen molar-refractivity contribution >= 4 is 33.4 Å². The number of benzene rings is 2. The summed E-state index contributed by atoms with van der Waals surface area (Å²) in [6.07, 6.45) is 0. The number of nitrogens with one attached hydrogen (secondary N) is 1. The van der Waals surface area contributed by atoms with Gasteiger partial charge in [0.15, 0.2) is 0 Å². The van der Waals surface area contributed by atoms with Gasteiger partial charge >= 0.3 is 0 Å². The van der Waals surface area contributed by atoms with Gasteiger partial charge in [0.25, 0.3) is 0 Å². The zero-order chi connectivity index (χ0) is 21.0. The highest BCUT2D eigenvalue weighted by atomic mass is 32.2. The number of hydrogen-bond acceptors (Lipinski definition) is 5. The first kappa shape index (κ1) is 21.7. The van der Waals surface area contributed by atoms with Crippen LogP contribution in [0.5, 0.6) is 0 Å². The SMILES string of the molecule is CN1CCN(S(=O)(=O)c2ccc(NC(=O)CSc3ccc(F)cc3F)cc2)CC1. The Morgan fingerprint density at radius 2 is 1.72 bits per heavy atom. The lowest BCUT2D eigenvalue weighted by Crippen LogP contribution is -2.46. The van der Waals surface area contributed by atoms with Gasteiger partial charge in [0.05, 0.1) is 10.6 Å². The fourth-order valence-corrected chi connectivity index (χ4v) is 4.96. The van der Waals surface area contributed by atoms with Crippen LogP contribution in [0.4, 0.5) is 14.5 Å². The van der Waals surface area contributed by atoms with E-state index < -0.39 is 21.7 Å². The minimum Gasteiger partial charge on any atom is -0.325 e. The number of carbonyl (C=O) groups is 1. The molecule has 2 aromatic carbocycles. The molecule has 0 aliphatic carbocycles. The van der Waals surface area contributed by atoms with Gasteiger partial charge in [-0.15, -0.1) is 11.8 Å². The molecule has 0 spiro atoms.